The van der Waals surface area contributed by atoms with Crippen molar-refractivity contribution in [3.8, 4) is 0 Å². The molecule has 22 heavy (non-hydrogen) atoms. The van der Waals surface area contributed by atoms with Gasteiger partial charge in [0.25, 0.3) is 0 Å². The van der Waals surface area contributed by atoms with Gasteiger partial charge in [-0.2, -0.15) is 0 Å². The van der Waals surface area contributed by atoms with E-state index >= 15 is 0 Å². The molecule has 2 aliphatic rings. The molecule has 2 saturated heterocycles. The summed E-state index contributed by atoms with van der Waals surface area (Å²) in [5.41, 5.74) is 1.53. The molecule has 1 N–H and O–H groups in total. The molecular weight excluding hydrogens is 288 g/mol. The maximum atomic E-state index is 12.4. The summed E-state index contributed by atoms with van der Waals surface area (Å²) in [6.45, 7) is 4.56. The van der Waals surface area contributed by atoms with Crippen LogP contribution in [-0.2, 0) is 16.0 Å². The van der Waals surface area contributed by atoms with E-state index in [1.807, 2.05) is 0 Å². The van der Waals surface area contributed by atoms with Crippen LogP contribution in [0.5, 0.6) is 0 Å². The van der Waals surface area contributed by atoms with Gasteiger partial charge in [-0.15, -0.1) is 0 Å². The van der Waals surface area contributed by atoms with Crippen molar-refractivity contribution >= 4 is 17.8 Å². The highest BCUT2D eigenvalue weighted by Crippen LogP contribution is 2.20. The number of carbonyl (C=O) groups excluding carboxylic acids is 3. The van der Waals surface area contributed by atoms with Gasteiger partial charge in [0.1, 0.15) is 5.76 Å². The van der Waals surface area contributed by atoms with Crippen LogP contribution in [0.15, 0.2) is 4.52 Å². The van der Waals surface area contributed by atoms with E-state index in [0.717, 1.165) is 11.3 Å². The van der Waals surface area contributed by atoms with Crippen LogP contribution in [0.25, 0.3) is 0 Å². The van der Waals surface area contributed by atoms with E-state index in [1.54, 1.807) is 18.7 Å². The Balaban J connectivity index is 1.64. The van der Waals surface area contributed by atoms with Crippen LogP contribution in [0.2, 0.25) is 0 Å². The summed E-state index contributed by atoms with van der Waals surface area (Å²) >= 11 is 0. The van der Waals surface area contributed by atoms with Gasteiger partial charge in [0.05, 0.1) is 24.7 Å². The number of amides is 4. The number of imide groups is 1. The summed E-state index contributed by atoms with van der Waals surface area (Å²) in [7, 11) is 0. The van der Waals surface area contributed by atoms with E-state index in [1.165, 1.54) is 4.90 Å². The second-order valence-electron chi connectivity index (χ2n) is 5.68. The molecular formula is C14H18N4O4. The highest BCUT2D eigenvalue weighted by Gasteiger charge is 2.39. The first-order valence-electron chi connectivity index (χ1n) is 7.26. The highest BCUT2D eigenvalue weighted by atomic mass is 16.5. The predicted octanol–water partition coefficient (Wildman–Crippen LogP) is -0.0134. The topological polar surface area (TPSA) is 95.8 Å². The van der Waals surface area contributed by atoms with Crippen molar-refractivity contribution in [2.45, 2.75) is 32.7 Å². The molecule has 0 aromatic carbocycles. The maximum Gasteiger partial charge on any atom is 0.324 e. The Morgan fingerprint density at radius 1 is 1.41 bits per heavy atom. The van der Waals surface area contributed by atoms with Gasteiger partial charge in [0, 0.05) is 18.7 Å². The molecule has 1 atom stereocenters. The van der Waals surface area contributed by atoms with Crippen molar-refractivity contribution < 1.29 is 18.9 Å². The summed E-state index contributed by atoms with van der Waals surface area (Å²) in [6.07, 6.45) is 0.848. The molecule has 1 unspecified atom stereocenters. The number of rotatable bonds is 3. The van der Waals surface area contributed by atoms with E-state index < -0.39 is 0 Å². The van der Waals surface area contributed by atoms with Crippen LogP contribution in [0.1, 0.15) is 23.4 Å². The Hall–Kier alpha value is -2.38. The first kappa shape index (κ1) is 14.6. The lowest BCUT2D eigenvalue weighted by molar-refractivity contribution is -0.131. The third kappa shape index (κ3) is 2.44. The number of carbonyl (C=O) groups is 3. The number of urea groups is 1. The Morgan fingerprint density at radius 3 is 2.77 bits per heavy atom. The molecule has 0 aliphatic carbocycles. The lowest BCUT2D eigenvalue weighted by Gasteiger charge is -2.21. The fraction of sp³-hybridized carbons (Fsp3) is 0.571. The third-order valence-electron chi connectivity index (χ3n) is 4.27. The molecule has 0 radical (unpaired) electrons. The van der Waals surface area contributed by atoms with E-state index in [4.69, 9.17) is 4.52 Å². The van der Waals surface area contributed by atoms with Crippen LogP contribution in [-0.4, -0.2) is 58.5 Å². The molecule has 118 valence electrons. The minimum atomic E-state index is -0.366. The largest absolute Gasteiger partial charge is 0.361 e. The number of nitrogens with zero attached hydrogens (tertiary/aromatic N) is 3. The van der Waals surface area contributed by atoms with Gasteiger partial charge in [0.15, 0.2) is 0 Å². The average molecular weight is 306 g/mol. The average Bonchev–Trinajstić information content (AvgIpc) is 3.15. The second-order valence-corrected chi connectivity index (χ2v) is 5.68. The van der Waals surface area contributed by atoms with Gasteiger partial charge < -0.3 is 14.7 Å². The van der Waals surface area contributed by atoms with Crippen molar-refractivity contribution in [1.29, 1.82) is 0 Å². The summed E-state index contributed by atoms with van der Waals surface area (Å²) in [5, 5.41) is 6.35. The number of nitrogens with one attached hydrogen (secondary N) is 1. The second kappa shape index (κ2) is 5.43. The van der Waals surface area contributed by atoms with Gasteiger partial charge in [-0.1, -0.05) is 5.16 Å². The Bertz CT molecular complexity index is 603. The maximum absolute atomic E-state index is 12.4. The molecule has 3 rings (SSSR count). The van der Waals surface area contributed by atoms with Crippen LogP contribution in [0.3, 0.4) is 0 Å². The number of aromatic nitrogens is 1. The molecule has 2 aliphatic heterocycles. The highest BCUT2D eigenvalue weighted by molar-refractivity contribution is 6.02. The van der Waals surface area contributed by atoms with Crippen molar-refractivity contribution in [2.24, 2.45) is 0 Å². The van der Waals surface area contributed by atoms with Crippen LogP contribution >= 0.6 is 0 Å². The van der Waals surface area contributed by atoms with Gasteiger partial charge >= 0.3 is 6.03 Å². The zero-order valence-electron chi connectivity index (χ0n) is 12.6. The minimum Gasteiger partial charge on any atom is -0.361 e. The molecule has 8 nitrogen and oxygen atoms in total. The Morgan fingerprint density at radius 2 is 2.18 bits per heavy atom. The molecule has 8 heteroatoms. The standard InChI is InChI=1S/C14H18N4O4/c1-8-11(9(2)22-16-8)5-12(19)17-4-3-10(7-17)18-13(20)6-15-14(18)21/h10H,3-7H2,1-2H3,(H,15,21). The van der Waals surface area contributed by atoms with Crippen LogP contribution < -0.4 is 5.32 Å². The van der Waals surface area contributed by atoms with Crippen molar-refractivity contribution in [3.05, 3.63) is 17.0 Å². The SMILES string of the molecule is Cc1noc(C)c1CC(=O)N1CCC(N2C(=O)CNC2=O)C1. The minimum absolute atomic E-state index is 0.0380. The normalized spacial score (nSPS) is 21.6. The van der Waals surface area contributed by atoms with Crippen molar-refractivity contribution in [3.63, 3.8) is 0 Å². The van der Waals surface area contributed by atoms with E-state index in [2.05, 4.69) is 10.5 Å². The van der Waals surface area contributed by atoms with E-state index in [9.17, 15) is 14.4 Å². The summed E-state index contributed by atoms with van der Waals surface area (Å²) in [6, 6.07) is -0.598. The molecule has 3 heterocycles. The molecule has 4 amide bonds. The lowest BCUT2D eigenvalue weighted by atomic mass is 10.1. The smallest absolute Gasteiger partial charge is 0.324 e. The first-order valence-corrected chi connectivity index (χ1v) is 7.26. The molecule has 0 bridgehead atoms. The number of hydrogen-bond donors (Lipinski definition) is 1. The Labute approximate surface area is 127 Å². The van der Waals surface area contributed by atoms with Crippen molar-refractivity contribution in [2.75, 3.05) is 19.6 Å². The van der Waals surface area contributed by atoms with Crippen LogP contribution in [0.4, 0.5) is 4.79 Å². The molecule has 1 aromatic heterocycles. The van der Waals surface area contributed by atoms with Gasteiger partial charge in [-0.25, -0.2) is 4.79 Å². The summed E-state index contributed by atoms with van der Waals surface area (Å²) in [5.74, 6) is 0.384. The Kier molecular flexibility index (Phi) is 3.59. The van der Waals surface area contributed by atoms with Gasteiger partial charge in [-0.05, 0) is 20.3 Å². The first-order chi connectivity index (χ1) is 10.5. The zero-order valence-corrected chi connectivity index (χ0v) is 12.6. The number of hydrogen-bond acceptors (Lipinski definition) is 5. The predicted molar refractivity (Wildman–Crippen MR) is 74.9 cm³/mol. The molecule has 0 spiro atoms. The van der Waals surface area contributed by atoms with E-state index in [-0.39, 0.29) is 36.9 Å². The molecule has 1 aromatic rings. The van der Waals surface area contributed by atoms with Crippen LogP contribution in [0, 0.1) is 13.8 Å². The van der Waals surface area contributed by atoms with Gasteiger partial charge in [0.2, 0.25) is 11.8 Å². The summed E-state index contributed by atoms with van der Waals surface area (Å²) in [4.78, 5) is 38.7. The molecule has 2 fully saturated rings. The molecule has 0 saturated carbocycles. The van der Waals surface area contributed by atoms with Crippen molar-refractivity contribution in [1.82, 2.24) is 20.3 Å². The number of likely N-dealkylation sites (tertiary alicyclic amines) is 1. The lowest BCUT2D eigenvalue weighted by Crippen LogP contribution is -2.43. The quantitative estimate of drug-likeness (QED) is 0.792. The summed E-state index contributed by atoms with van der Waals surface area (Å²) < 4.78 is 5.06. The monoisotopic (exact) mass is 306 g/mol. The fourth-order valence-electron chi connectivity index (χ4n) is 3.00. The third-order valence-corrected chi connectivity index (χ3v) is 4.27. The zero-order chi connectivity index (χ0) is 15.9. The fourth-order valence-corrected chi connectivity index (χ4v) is 3.00. The number of aryl methyl sites for hydroxylation is 2. The van der Waals surface area contributed by atoms with Gasteiger partial charge in [-0.3, -0.25) is 14.5 Å². The van der Waals surface area contributed by atoms with E-state index in [0.29, 0.717) is 25.3 Å².